The number of esters is 3. The fraction of sp³-hybridized carbons (Fsp3) is 0.645. The van der Waals surface area contributed by atoms with Gasteiger partial charge in [-0.1, -0.05) is 37.3 Å². The van der Waals surface area contributed by atoms with Gasteiger partial charge in [0.2, 0.25) is 0 Å². The smallest absolute Gasteiger partial charge is 0.338 e. The number of carbonyl (C=O) groups excluding carboxylic acids is 3. The molecule has 9 fully saturated rings. The fourth-order valence-electron chi connectivity index (χ4n) is 12.0. The van der Waals surface area contributed by atoms with Gasteiger partial charge in [0.05, 0.1) is 11.7 Å². The molecule has 3 aliphatic heterocycles. The van der Waals surface area contributed by atoms with E-state index in [1.807, 2.05) is 6.07 Å². The third kappa shape index (κ3) is 2.51. The van der Waals surface area contributed by atoms with E-state index in [0.717, 1.165) is 12.0 Å². The van der Waals surface area contributed by atoms with Crippen molar-refractivity contribution >= 4 is 17.9 Å². The molecule has 3 heterocycles. The number of hydrogen-bond donors (Lipinski definition) is 2. The van der Waals surface area contributed by atoms with E-state index in [1.165, 1.54) is 13.8 Å². The minimum atomic E-state index is -0.817. The summed E-state index contributed by atoms with van der Waals surface area (Å²) >= 11 is 0. The largest absolute Gasteiger partial charge is 0.461 e. The molecule has 0 radical (unpaired) electrons. The Morgan fingerprint density at radius 2 is 1.70 bits per heavy atom. The van der Waals surface area contributed by atoms with Crippen LogP contribution in [0, 0.1) is 39.9 Å². The van der Waals surface area contributed by atoms with E-state index in [9.17, 15) is 24.6 Å². The standard InChI is InChI=1S/C31H35NO8/c1-13-10-30-11-17-23-29(4)12-18(40-27(36)16-8-6-5-7-9-16)26(39-15(3)34)31(23)24(30)22(38-14(2)33)19(13)21(35)20(30)25(31)32(17)28(29)37/h5-9,17-26,28,35,37H,1,10-12H2,2-4H3/t17-,18-,19-,20?,21-,22+,23+,24+,25?,26+,28-,29+,30-,31+/m0/s1. The lowest BCUT2D eigenvalue weighted by Gasteiger charge is -2.67. The highest BCUT2D eigenvalue weighted by molar-refractivity contribution is 5.89. The highest BCUT2D eigenvalue weighted by Crippen LogP contribution is 2.88. The minimum Gasteiger partial charge on any atom is -0.461 e. The molecule has 0 aromatic heterocycles. The van der Waals surface area contributed by atoms with Crippen molar-refractivity contribution in [2.24, 2.45) is 39.9 Å². The molecule has 1 aromatic carbocycles. The fourth-order valence-corrected chi connectivity index (χ4v) is 12.0. The molecular weight excluding hydrogens is 514 g/mol. The Labute approximate surface area is 232 Å². The summed E-state index contributed by atoms with van der Waals surface area (Å²) in [6.07, 6.45) is -2.10. The van der Waals surface area contributed by atoms with Crippen molar-refractivity contribution in [2.45, 2.75) is 82.8 Å². The van der Waals surface area contributed by atoms with E-state index in [1.54, 1.807) is 24.3 Å². The molecule has 1 aromatic rings. The lowest BCUT2D eigenvalue weighted by atomic mass is 9.39. The molecule has 9 heteroatoms. The van der Waals surface area contributed by atoms with Crippen molar-refractivity contribution in [3.05, 3.63) is 48.0 Å². The number of aliphatic hydroxyl groups excluding tert-OH is 2. The van der Waals surface area contributed by atoms with E-state index < -0.39 is 70.7 Å². The van der Waals surface area contributed by atoms with Crippen molar-refractivity contribution in [2.75, 3.05) is 0 Å². The molecule has 3 saturated heterocycles. The maximum atomic E-state index is 13.4. The molecule has 2 N–H and O–H groups in total. The maximum absolute atomic E-state index is 13.4. The van der Waals surface area contributed by atoms with Crippen LogP contribution in [-0.2, 0) is 23.8 Å². The van der Waals surface area contributed by atoms with Gasteiger partial charge in [-0.25, -0.2) is 4.79 Å². The monoisotopic (exact) mass is 549 g/mol. The Morgan fingerprint density at radius 1 is 1.00 bits per heavy atom. The van der Waals surface area contributed by atoms with Crippen molar-refractivity contribution in [1.29, 1.82) is 0 Å². The van der Waals surface area contributed by atoms with Crippen LogP contribution in [0.25, 0.3) is 0 Å². The maximum Gasteiger partial charge on any atom is 0.338 e. The lowest BCUT2D eigenvalue weighted by Crippen LogP contribution is -2.72. The first-order valence-electron chi connectivity index (χ1n) is 14.4. The molecule has 10 rings (SSSR count). The van der Waals surface area contributed by atoms with Crippen molar-refractivity contribution in [3.8, 4) is 0 Å². The van der Waals surface area contributed by atoms with Crippen LogP contribution in [0.1, 0.15) is 50.4 Å². The second-order valence-corrected chi connectivity index (χ2v) is 13.7. The van der Waals surface area contributed by atoms with Gasteiger partial charge in [0.15, 0.2) is 0 Å². The second kappa shape index (κ2) is 7.55. The molecular formula is C31H35NO8. The van der Waals surface area contributed by atoms with Crippen LogP contribution in [0.15, 0.2) is 42.5 Å². The summed E-state index contributed by atoms with van der Waals surface area (Å²) in [5.74, 6) is -2.40. The average molecular weight is 550 g/mol. The van der Waals surface area contributed by atoms with Gasteiger partial charge in [-0.15, -0.1) is 0 Å². The number of ether oxygens (including phenoxy) is 3. The summed E-state index contributed by atoms with van der Waals surface area (Å²) in [4.78, 5) is 40.9. The first kappa shape index (κ1) is 25.0. The van der Waals surface area contributed by atoms with Gasteiger partial charge in [0, 0.05) is 54.5 Å². The predicted molar refractivity (Wildman–Crippen MR) is 138 cm³/mol. The zero-order chi connectivity index (χ0) is 28.1. The van der Waals surface area contributed by atoms with Gasteiger partial charge < -0.3 is 24.4 Å². The summed E-state index contributed by atoms with van der Waals surface area (Å²) in [5, 5.41) is 23.8. The molecule has 6 aliphatic carbocycles. The summed E-state index contributed by atoms with van der Waals surface area (Å²) in [6.45, 7) is 9.13. The van der Waals surface area contributed by atoms with Crippen molar-refractivity contribution in [1.82, 2.24) is 4.90 Å². The summed E-state index contributed by atoms with van der Waals surface area (Å²) < 4.78 is 18.6. The SMILES string of the molecule is C=C1C[C@]23C[C@H]4[C@@H]5[C@@]6(C)C[C@H](OC(=O)c7ccccc7)[C@@H](OC(C)=O)[C@]57C(C2[C@@H](O)[C@H]1[C@@H](OC(C)=O)[C@H]37)N4[C@H]6O. The highest BCUT2D eigenvalue weighted by atomic mass is 16.6. The molecule has 212 valence electrons. The minimum absolute atomic E-state index is 0.0222. The third-order valence-corrected chi connectivity index (χ3v) is 12.3. The Balaban J connectivity index is 1.34. The van der Waals surface area contributed by atoms with E-state index in [2.05, 4.69) is 18.4 Å². The van der Waals surface area contributed by atoms with Crippen LogP contribution < -0.4 is 0 Å². The lowest BCUT2D eigenvalue weighted by molar-refractivity contribution is -0.266. The van der Waals surface area contributed by atoms with Gasteiger partial charge in [-0.05, 0) is 42.7 Å². The zero-order valence-corrected chi connectivity index (χ0v) is 22.9. The third-order valence-electron chi connectivity index (χ3n) is 12.3. The van der Waals surface area contributed by atoms with Gasteiger partial charge in [0.1, 0.15) is 24.5 Å². The van der Waals surface area contributed by atoms with Crippen LogP contribution >= 0.6 is 0 Å². The van der Waals surface area contributed by atoms with E-state index >= 15 is 0 Å². The first-order chi connectivity index (χ1) is 19.0. The number of nitrogens with zero attached hydrogens (tertiary/aromatic N) is 1. The normalized spacial score (nSPS) is 53.5. The Morgan fingerprint density at radius 3 is 2.38 bits per heavy atom. The van der Waals surface area contributed by atoms with Crippen LogP contribution in [0.2, 0.25) is 0 Å². The molecule has 15 atom stereocenters. The molecule has 6 saturated carbocycles. The van der Waals surface area contributed by atoms with Crippen molar-refractivity contribution < 1.29 is 38.8 Å². The highest BCUT2D eigenvalue weighted by Gasteiger charge is 2.94. The number of piperidine rings is 2. The van der Waals surface area contributed by atoms with E-state index in [-0.39, 0.29) is 29.8 Å². The van der Waals surface area contributed by atoms with Gasteiger partial charge in [-0.2, -0.15) is 0 Å². The number of aliphatic hydroxyl groups is 2. The van der Waals surface area contributed by atoms with Crippen molar-refractivity contribution in [3.63, 3.8) is 0 Å². The summed E-state index contributed by atoms with van der Waals surface area (Å²) in [6, 6.07) is 8.42. The van der Waals surface area contributed by atoms with Gasteiger partial charge in [-0.3, -0.25) is 14.5 Å². The molecule has 0 amide bonds. The topological polar surface area (TPSA) is 123 Å². The number of rotatable bonds is 4. The first-order valence-corrected chi connectivity index (χ1v) is 14.4. The number of benzene rings is 1. The molecule has 2 spiro atoms. The number of fused-ring (bicyclic) bond motifs is 1. The van der Waals surface area contributed by atoms with Crippen LogP contribution in [0.4, 0.5) is 0 Å². The molecule has 3 unspecified atom stereocenters. The quantitative estimate of drug-likeness (QED) is 0.330. The summed E-state index contributed by atoms with van der Waals surface area (Å²) in [7, 11) is 0. The molecule has 9 aliphatic rings. The Bertz CT molecular complexity index is 1360. The Kier molecular flexibility index (Phi) is 4.72. The molecule has 9 bridgehead atoms. The van der Waals surface area contributed by atoms with E-state index in [4.69, 9.17) is 14.2 Å². The summed E-state index contributed by atoms with van der Waals surface area (Å²) in [5.41, 5.74) is -0.558. The molecule has 40 heavy (non-hydrogen) atoms. The van der Waals surface area contributed by atoms with Crippen LogP contribution in [-0.4, -0.2) is 75.7 Å². The van der Waals surface area contributed by atoms with Crippen LogP contribution in [0.5, 0.6) is 0 Å². The van der Waals surface area contributed by atoms with Gasteiger partial charge in [0.25, 0.3) is 0 Å². The number of carbonyl (C=O) groups is 3. The average Bonchev–Trinajstić information content (AvgIpc) is 3.28. The van der Waals surface area contributed by atoms with Gasteiger partial charge >= 0.3 is 17.9 Å². The zero-order valence-electron chi connectivity index (χ0n) is 22.9. The van der Waals surface area contributed by atoms with E-state index in [0.29, 0.717) is 18.4 Å². The number of hydrogen-bond acceptors (Lipinski definition) is 9. The predicted octanol–water partition coefficient (Wildman–Crippen LogP) is 2.06. The molecule has 9 nitrogen and oxygen atoms in total. The second-order valence-electron chi connectivity index (χ2n) is 13.7. The Hall–Kier alpha value is -2.75. The van der Waals surface area contributed by atoms with Crippen LogP contribution in [0.3, 0.4) is 0 Å².